The summed E-state index contributed by atoms with van der Waals surface area (Å²) < 4.78 is 6.98. The van der Waals surface area contributed by atoms with Gasteiger partial charge in [0, 0.05) is 5.56 Å². The van der Waals surface area contributed by atoms with E-state index in [0.29, 0.717) is 5.69 Å². The maximum absolute atomic E-state index is 11.5. The van der Waals surface area contributed by atoms with Gasteiger partial charge in [-0.3, -0.25) is 8.91 Å². The first-order valence-electron chi connectivity index (χ1n) is 6.35. The Balaban J connectivity index is 2.14. The SMILES string of the molecule is CC1(C)OC(=O)Nc2ccc(-c3ccc(C#N)n3Br)cc21. The highest BCUT2D eigenvalue weighted by atomic mass is 79.9. The summed E-state index contributed by atoms with van der Waals surface area (Å²) in [5.41, 5.74) is 3.25. The molecular formula is C15H12BrN3O2. The second kappa shape index (κ2) is 4.64. The molecule has 1 aromatic heterocycles. The molecule has 1 aromatic carbocycles. The number of benzene rings is 1. The van der Waals surface area contributed by atoms with E-state index in [-0.39, 0.29) is 0 Å². The summed E-state index contributed by atoms with van der Waals surface area (Å²) in [6.45, 7) is 3.70. The van der Waals surface area contributed by atoms with Crippen LogP contribution in [-0.4, -0.2) is 9.69 Å². The lowest BCUT2D eigenvalue weighted by Gasteiger charge is -2.32. The molecule has 0 radical (unpaired) electrons. The molecule has 0 fully saturated rings. The molecule has 1 aliphatic heterocycles. The van der Waals surface area contributed by atoms with Gasteiger partial charge in [0.25, 0.3) is 0 Å². The minimum Gasteiger partial charge on any atom is -0.438 e. The quantitative estimate of drug-likeness (QED) is 0.849. The Labute approximate surface area is 130 Å². The number of halogens is 1. The minimum absolute atomic E-state index is 0.448. The fourth-order valence-electron chi connectivity index (χ4n) is 2.44. The number of ether oxygens (including phenoxy) is 1. The second-order valence-corrected chi connectivity index (χ2v) is 5.99. The molecule has 21 heavy (non-hydrogen) atoms. The summed E-state index contributed by atoms with van der Waals surface area (Å²) in [4.78, 5) is 11.5. The van der Waals surface area contributed by atoms with Crippen molar-refractivity contribution in [2.75, 3.05) is 5.32 Å². The van der Waals surface area contributed by atoms with Crippen molar-refractivity contribution in [2.45, 2.75) is 19.4 Å². The largest absolute Gasteiger partial charge is 0.438 e. The van der Waals surface area contributed by atoms with Gasteiger partial charge < -0.3 is 4.74 Å². The van der Waals surface area contributed by atoms with Crippen molar-refractivity contribution < 1.29 is 9.53 Å². The Morgan fingerprint density at radius 1 is 1.33 bits per heavy atom. The summed E-state index contributed by atoms with van der Waals surface area (Å²) in [5, 5.41) is 11.7. The van der Waals surface area contributed by atoms with Crippen LogP contribution in [0, 0.1) is 11.3 Å². The van der Waals surface area contributed by atoms with E-state index in [0.717, 1.165) is 22.5 Å². The highest BCUT2D eigenvalue weighted by Crippen LogP contribution is 2.38. The predicted octanol–water partition coefficient (Wildman–Crippen LogP) is 3.98. The lowest BCUT2D eigenvalue weighted by molar-refractivity contribution is 0.0421. The van der Waals surface area contributed by atoms with Gasteiger partial charge in [0.15, 0.2) is 0 Å². The molecule has 5 nitrogen and oxygen atoms in total. The number of hydrogen-bond acceptors (Lipinski definition) is 3. The lowest BCUT2D eigenvalue weighted by atomic mass is 9.92. The number of nitrogens with one attached hydrogen (secondary N) is 1. The van der Waals surface area contributed by atoms with Crippen LogP contribution >= 0.6 is 16.1 Å². The normalized spacial score (nSPS) is 15.6. The molecule has 106 valence electrons. The Hall–Kier alpha value is -2.26. The van der Waals surface area contributed by atoms with Gasteiger partial charge in [-0.25, -0.2) is 4.79 Å². The number of aromatic nitrogens is 1. The Morgan fingerprint density at radius 3 is 2.76 bits per heavy atom. The fourth-order valence-corrected chi connectivity index (χ4v) is 2.96. The average Bonchev–Trinajstić information content (AvgIpc) is 2.78. The highest BCUT2D eigenvalue weighted by Gasteiger charge is 2.33. The molecule has 0 unspecified atom stereocenters. The van der Waals surface area contributed by atoms with Crippen LogP contribution in [0.25, 0.3) is 11.3 Å². The van der Waals surface area contributed by atoms with E-state index in [1.807, 2.05) is 38.1 Å². The third kappa shape index (κ3) is 2.20. The number of fused-ring (bicyclic) bond motifs is 1. The molecule has 0 spiro atoms. The number of amides is 1. The highest BCUT2D eigenvalue weighted by molar-refractivity contribution is 9.08. The van der Waals surface area contributed by atoms with Crippen LogP contribution in [0.15, 0.2) is 30.3 Å². The number of nitriles is 1. The first-order valence-corrected chi connectivity index (χ1v) is 7.06. The van der Waals surface area contributed by atoms with Gasteiger partial charge in [-0.05, 0) is 43.7 Å². The third-order valence-corrected chi connectivity index (χ3v) is 4.25. The molecule has 0 bridgehead atoms. The van der Waals surface area contributed by atoms with Crippen molar-refractivity contribution in [1.82, 2.24) is 3.59 Å². The van der Waals surface area contributed by atoms with Gasteiger partial charge in [0.1, 0.15) is 17.4 Å². The molecule has 1 aliphatic rings. The number of nitrogens with zero attached hydrogens (tertiary/aromatic N) is 2. The van der Waals surface area contributed by atoms with Crippen LogP contribution < -0.4 is 5.32 Å². The minimum atomic E-state index is -0.699. The van der Waals surface area contributed by atoms with Crippen molar-refractivity contribution in [3.63, 3.8) is 0 Å². The Bertz CT molecular complexity index is 787. The van der Waals surface area contributed by atoms with Crippen molar-refractivity contribution in [3.8, 4) is 17.3 Å². The van der Waals surface area contributed by atoms with Gasteiger partial charge in [0.05, 0.1) is 27.5 Å². The van der Waals surface area contributed by atoms with Crippen molar-refractivity contribution in [3.05, 3.63) is 41.6 Å². The molecule has 0 atom stereocenters. The van der Waals surface area contributed by atoms with Crippen LogP contribution in [-0.2, 0) is 10.3 Å². The zero-order valence-electron chi connectivity index (χ0n) is 11.5. The first kappa shape index (κ1) is 13.7. The van der Waals surface area contributed by atoms with Crippen LogP contribution in [0.5, 0.6) is 0 Å². The monoisotopic (exact) mass is 345 g/mol. The van der Waals surface area contributed by atoms with Crippen LogP contribution in [0.1, 0.15) is 25.1 Å². The van der Waals surface area contributed by atoms with E-state index >= 15 is 0 Å². The molecule has 2 aromatic rings. The number of rotatable bonds is 1. The molecule has 1 N–H and O–H groups in total. The van der Waals surface area contributed by atoms with Gasteiger partial charge in [-0.15, -0.1) is 0 Å². The smallest absolute Gasteiger partial charge is 0.412 e. The number of anilines is 1. The number of cyclic esters (lactones) is 1. The maximum Gasteiger partial charge on any atom is 0.412 e. The third-order valence-electron chi connectivity index (χ3n) is 3.49. The van der Waals surface area contributed by atoms with E-state index < -0.39 is 11.7 Å². The Kier molecular flexibility index (Phi) is 3.03. The zero-order chi connectivity index (χ0) is 15.2. The van der Waals surface area contributed by atoms with Crippen LogP contribution in [0.3, 0.4) is 0 Å². The van der Waals surface area contributed by atoms with Crippen LogP contribution in [0.4, 0.5) is 10.5 Å². The molecule has 0 saturated carbocycles. The maximum atomic E-state index is 11.5. The summed E-state index contributed by atoms with van der Waals surface area (Å²) >= 11 is 3.38. The molecule has 3 rings (SSSR count). The Morgan fingerprint density at radius 2 is 2.10 bits per heavy atom. The van der Waals surface area contributed by atoms with Gasteiger partial charge in [-0.1, -0.05) is 6.07 Å². The molecular weight excluding hydrogens is 334 g/mol. The summed E-state index contributed by atoms with van der Waals surface area (Å²) in [6, 6.07) is 11.4. The van der Waals surface area contributed by atoms with E-state index in [2.05, 4.69) is 27.5 Å². The molecule has 6 heteroatoms. The zero-order valence-corrected chi connectivity index (χ0v) is 13.1. The van der Waals surface area contributed by atoms with E-state index in [9.17, 15) is 4.79 Å². The van der Waals surface area contributed by atoms with Crippen molar-refractivity contribution >= 4 is 27.9 Å². The molecule has 2 heterocycles. The lowest BCUT2D eigenvalue weighted by Crippen LogP contribution is -2.34. The number of hydrogen-bond donors (Lipinski definition) is 1. The van der Waals surface area contributed by atoms with Gasteiger partial charge >= 0.3 is 6.09 Å². The van der Waals surface area contributed by atoms with E-state index in [4.69, 9.17) is 10.00 Å². The van der Waals surface area contributed by atoms with Crippen molar-refractivity contribution in [2.24, 2.45) is 0 Å². The summed E-state index contributed by atoms with van der Waals surface area (Å²) in [7, 11) is 0. The predicted molar refractivity (Wildman–Crippen MR) is 82.0 cm³/mol. The molecule has 0 aliphatic carbocycles. The molecule has 0 saturated heterocycles. The van der Waals surface area contributed by atoms with Gasteiger partial charge in [-0.2, -0.15) is 5.26 Å². The topological polar surface area (TPSA) is 67.0 Å². The van der Waals surface area contributed by atoms with Crippen molar-refractivity contribution in [1.29, 1.82) is 5.26 Å². The average molecular weight is 346 g/mol. The summed E-state index contributed by atoms with van der Waals surface area (Å²) in [6.07, 6.45) is -0.448. The standard InChI is InChI=1S/C15H12BrN3O2/c1-15(2)11-7-9(3-5-12(11)18-14(20)21-15)13-6-4-10(8-17)19(13)16/h3-7H,1-2H3,(H,18,20). The van der Waals surface area contributed by atoms with Crippen LogP contribution in [0.2, 0.25) is 0 Å². The van der Waals surface area contributed by atoms with Gasteiger partial charge in [0.2, 0.25) is 0 Å². The number of carbonyl (C=O) groups excluding carboxylic acids is 1. The number of carbonyl (C=O) groups is 1. The fraction of sp³-hybridized carbons (Fsp3) is 0.200. The molecule has 1 amide bonds. The van der Waals surface area contributed by atoms with E-state index in [1.54, 1.807) is 9.66 Å². The first-order chi connectivity index (χ1) is 9.92. The summed E-state index contributed by atoms with van der Waals surface area (Å²) in [5.74, 6) is 0. The second-order valence-electron chi connectivity index (χ2n) is 5.28. The van der Waals surface area contributed by atoms with E-state index in [1.165, 1.54) is 0 Å².